The van der Waals surface area contributed by atoms with Crippen LogP contribution in [0.4, 0.5) is 4.79 Å². The number of nitrogens with one attached hydrogen (secondary N) is 1. The summed E-state index contributed by atoms with van der Waals surface area (Å²) >= 11 is 1.30. The number of benzene rings is 2. The Morgan fingerprint density at radius 2 is 1.85 bits per heavy atom. The first-order valence-electron chi connectivity index (χ1n) is 13.3. The maximum Gasteiger partial charge on any atom is 0.407 e. The van der Waals surface area contributed by atoms with E-state index in [1.165, 1.54) is 23.2 Å². The van der Waals surface area contributed by atoms with Crippen molar-refractivity contribution in [2.75, 3.05) is 19.6 Å². The van der Waals surface area contributed by atoms with Crippen molar-refractivity contribution in [2.45, 2.75) is 51.6 Å². The predicted octanol–water partition coefficient (Wildman–Crippen LogP) is 4.57. The van der Waals surface area contributed by atoms with Gasteiger partial charge >= 0.3 is 6.09 Å². The second kappa shape index (κ2) is 13.3. The number of thiazole rings is 1. The molecule has 10 heteroatoms. The monoisotopic (exact) mass is 550 g/mol. The number of carbonyl (C=O) groups excluding carboxylic acids is 3. The first-order valence-corrected chi connectivity index (χ1v) is 14.1. The minimum atomic E-state index is -0.999. The van der Waals surface area contributed by atoms with Crippen molar-refractivity contribution in [1.82, 2.24) is 20.1 Å². The van der Waals surface area contributed by atoms with E-state index in [0.717, 1.165) is 22.2 Å². The Bertz CT molecular complexity index is 1280. The number of aromatic nitrogens is 1. The van der Waals surface area contributed by atoms with Crippen molar-refractivity contribution in [3.05, 3.63) is 65.2 Å². The van der Waals surface area contributed by atoms with Crippen molar-refractivity contribution in [3.63, 3.8) is 0 Å². The number of unbranched alkanes of at least 4 members (excludes halogenated alkanes) is 1. The van der Waals surface area contributed by atoms with Gasteiger partial charge in [-0.3, -0.25) is 14.4 Å². The lowest BCUT2D eigenvalue weighted by Gasteiger charge is -2.32. The second-order valence-electron chi connectivity index (χ2n) is 9.90. The number of piperidine rings is 1. The Labute approximate surface area is 231 Å². The van der Waals surface area contributed by atoms with Crippen LogP contribution in [0.2, 0.25) is 0 Å². The van der Waals surface area contributed by atoms with Gasteiger partial charge in [0.25, 0.3) is 0 Å². The Hall–Kier alpha value is -3.79. The van der Waals surface area contributed by atoms with Crippen LogP contribution in [0.15, 0.2) is 54.6 Å². The molecule has 1 aliphatic rings. The maximum atomic E-state index is 13.5. The summed E-state index contributed by atoms with van der Waals surface area (Å²) in [4.78, 5) is 57.9. The molecule has 2 N–H and O–H groups in total. The molecule has 0 unspecified atom stereocenters. The molecule has 1 saturated heterocycles. The van der Waals surface area contributed by atoms with Gasteiger partial charge in [0.1, 0.15) is 0 Å². The van der Waals surface area contributed by atoms with Crippen molar-refractivity contribution < 1.29 is 24.3 Å². The highest BCUT2D eigenvalue weighted by molar-refractivity contribution is 7.20. The molecule has 2 heterocycles. The number of fused-ring (bicyclic) bond motifs is 1. The minimum absolute atomic E-state index is 0.0620. The molecule has 0 bridgehead atoms. The van der Waals surface area contributed by atoms with Gasteiger partial charge in [0.2, 0.25) is 17.6 Å². The van der Waals surface area contributed by atoms with Gasteiger partial charge in [-0.15, -0.1) is 11.3 Å². The van der Waals surface area contributed by atoms with Crippen LogP contribution in [0.25, 0.3) is 10.2 Å². The summed E-state index contributed by atoms with van der Waals surface area (Å²) in [6.07, 6.45) is 1.85. The number of para-hydroxylation sites is 1. The third-order valence-corrected chi connectivity index (χ3v) is 8.08. The molecule has 4 rings (SSSR count). The van der Waals surface area contributed by atoms with Gasteiger partial charge in [0.05, 0.1) is 22.2 Å². The Morgan fingerprint density at radius 1 is 1.10 bits per heavy atom. The van der Waals surface area contributed by atoms with Crippen LogP contribution in [-0.2, 0) is 16.1 Å². The van der Waals surface area contributed by atoms with E-state index in [1.54, 1.807) is 4.90 Å². The number of nitrogens with zero attached hydrogens (tertiary/aromatic N) is 3. The highest BCUT2D eigenvalue weighted by Crippen LogP contribution is 2.24. The molecule has 2 aromatic carbocycles. The molecule has 0 spiro atoms. The van der Waals surface area contributed by atoms with E-state index in [2.05, 4.69) is 10.3 Å². The molecule has 1 aromatic heterocycles. The second-order valence-corrected chi connectivity index (χ2v) is 10.9. The molecule has 206 valence electrons. The maximum absolute atomic E-state index is 13.5. The molecule has 3 amide bonds. The van der Waals surface area contributed by atoms with E-state index in [0.29, 0.717) is 50.3 Å². The Morgan fingerprint density at radius 3 is 2.56 bits per heavy atom. The van der Waals surface area contributed by atoms with Crippen LogP contribution in [0.5, 0.6) is 0 Å². The summed E-state index contributed by atoms with van der Waals surface area (Å²) < 4.78 is 0.897. The van der Waals surface area contributed by atoms with Gasteiger partial charge in [-0.1, -0.05) is 42.5 Å². The summed E-state index contributed by atoms with van der Waals surface area (Å²) in [5.74, 6) is -0.922. The smallest absolute Gasteiger partial charge is 0.407 e. The van der Waals surface area contributed by atoms with Crippen LogP contribution >= 0.6 is 11.3 Å². The quantitative estimate of drug-likeness (QED) is 0.267. The molecule has 39 heavy (non-hydrogen) atoms. The van der Waals surface area contributed by atoms with Gasteiger partial charge < -0.3 is 20.2 Å². The van der Waals surface area contributed by atoms with Crippen molar-refractivity contribution >= 4 is 45.2 Å². The molecule has 0 aliphatic carbocycles. The number of likely N-dealkylation sites (tertiary alicyclic amines) is 1. The lowest BCUT2D eigenvalue weighted by Crippen LogP contribution is -2.49. The fourth-order valence-electron chi connectivity index (χ4n) is 4.86. The summed E-state index contributed by atoms with van der Waals surface area (Å²) in [5, 5.41) is 12.9. The topological polar surface area (TPSA) is 120 Å². The Balaban J connectivity index is 1.42. The number of carbonyl (C=O) groups is 4. The molecule has 3 aromatic rings. The normalized spacial score (nSPS) is 16.0. The zero-order chi connectivity index (χ0) is 27.8. The first kappa shape index (κ1) is 28.2. The van der Waals surface area contributed by atoms with E-state index in [-0.39, 0.29) is 30.1 Å². The van der Waals surface area contributed by atoms with Gasteiger partial charge in [-0.05, 0) is 49.8 Å². The molecular formula is C29H34N4O5S. The van der Waals surface area contributed by atoms with Crippen molar-refractivity contribution in [3.8, 4) is 0 Å². The first-order chi connectivity index (χ1) is 18.8. The fraction of sp³-hybridized carbons (Fsp3) is 0.414. The van der Waals surface area contributed by atoms with Gasteiger partial charge in [0.15, 0.2) is 5.01 Å². The standard InChI is InChI=1S/C29H34N4O5S/c1-20(34)32-17-9-12-22(19-32)27(36)30-24(26(35)28-31-23-13-5-6-15-25(23)39-28)14-7-8-16-33(29(37)38)18-21-10-3-2-4-11-21/h2-6,10-11,13,15,22,24H,7-9,12,14,16-19H2,1H3,(H,30,36)(H,37,38)/t22-,24-/m0/s1. The van der Waals surface area contributed by atoms with E-state index < -0.39 is 12.1 Å². The minimum Gasteiger partial charge on any atom is -0.465 e. The largest absolute Gasteiger partial charge is 0.465 e. The average molecular weight is 551 g/mol. The van der Waals surface area contributed by atoms with Crippen LogP contribution in [0, 0.1) is 5.92 Å². The van der Waals surface area contributed by atoms with Crippen LogP contribution in [-0.4, -0.2) is 69.3 Å². The number of rotatable bonds is 11. The van der Waals surface area contributed by atoms with Gasteiger partial charge in [0, 0.05) is 33.1 Å². The SMILES string of the molecule is CC(=O)N1CCC[C@H](C(=O)N[C@@H](CCCCN(Cc2ccccc2)C(=O)O)C(=O)c2nc3ccccc3s2)C1. The van der Waals surface area contributed by atoms with E-state index in [1.807, 2.05) is 54.6 Å². The number of hydrogen-bond donors (Lipinski definition) is 2. The summed E-state index contributed by atoms with van der Waals surface area (Å²) in [7, 11) is 0. The molecule has 1 fully saturated rings. The highest BCUT2D eigenvalue weighted by atomic mass is 32.1. The molecule has 9 nitrogen and oxygen atoms in total. The fourth-order valence-corrected chi connectivity index (χ4v) is 5.82. The lowest BCUT2D eigenvalue weighted by molar-refractivity contribution is -0.134. The summed E-state index contributed by atoms with van der Waals surface area (Å²) in [5.41, 5.74) is 1.64. The average Bonchev–Trinajstić information content (AvgIpc) is 3.38. The van der Waals surface area contributed by atoms with Crippen molar-refractivity contribution in [2.24, 2.45) is 5.92 Å². The van der Waals surface area contributed by atoms with Crippen LogP contribution in [0.1, 0.15) is 54.4 Å². The van der Waals surface area contributed by atoms with Crippen LogP contribution in [0.3, 0.4) is 0 Å². The van der Waals surface area contributed by atoms with E-state index in [4.69, 9.17) is 0 Å². The van der Waals surface area contributed by atoms with E-state index >= 15 is 0 Å². The zero-order valence-corrected chi connectivity index (χ0v) is 22.9. The van der Waals surface area contributed by atoms with Crippen LogP contribution < -0.4 is 5.32 Å². The summed E-state index contributed by atoms with van der Waals surface area (Å²) in [6.45, 7) is 3.08. The third-order valence-electron chi connectivity index (χ3n) is 7.03. The number of amides is 3. The molecule has 1 aliphatic heterocycles. The third kappa shape index (κ3) is 7.63. The van der Waals surface area contributed by atoms with Crippen molar-refractivity contribution in [1.29, 1.82) is 0 Å². The molecule has 2 atom stereocenters. The number of ketones is 1. The van der Waals surface area contributed by atoms with Gasteiger partial charge in [-0.25, -0.2) is 9.78 Å². The van der Waals surface area contributed by atoms with Gasteiger partial charge in [-0.2, -0.15) is 0 Å². The lowest BCUT2D eigenvalue weighted by atomic mass is 9.95. The highest BCUT2D eigenvalue weighted by Gasteiger charge is 2.31. The number of hydrogen-bond acceptors (Lipinski definition) is 6. The Kier molecular flexibility index (Phi) is 9.64. The number of Topliss-reactive ketones (excluding diaryl/α,β-unsaturated/α-hetero) is 1. The van der Waals surface area contributed by atoms with E-state index in [9.17, 15) is 24.3 Å². The molecule has 0 radical (unpaired) electrons. The molecular weight excluding hydrogens is 516 g/mol. The summed E-state index contributed by atoms with van der Waals surface area (Å²) in [6, 6.07) is 16.1. The number of carboxylic acid groups (broad SMARTS) is 1. The predicted molar refractivity (Wildman–Crippen MR) is 150 cm³/mol. The molecule has 0 saturated carbocycles. The zero-order valence-electron chi connectivity index (χ0n) is 22.0.